The van der Waals surface area contributed by atoms with E-state index in [-0.39, 0.29) is 0 Å². The van der Waals surface area contributed by atoms with Gasteiger partial charge in [0, 0.05) is 29.1 Å². The van der Waals surface area contributed by atoms with E-state index in [0.717, 1.165) is 66.4 Å². The first-order valence-electron chi connectivity index (χ1n) is 14.2. The lowest BCUT2D eigenvalue weighted by molar-refractivity contribution is 0.310. The number of nitrogens with one attached hydrogen (secondary N) is 1. The van der Waals surface area contributed by atoms with Crippen LogP contribution in [0.15, 0.2) is 30.5 Å². The van der Waals surface area contributed by atoms with E-state index in [4.69, 9.17) is 4.74 Å². The Labute approximate surface area is 226 Å². The first-order valence-corrected chi connectivity index (χ1v) is 14.2. The van der Waals surface area contributed by atoms with E-state index < -0.39 is 0 Å². The molecule has 0 aliphatic heterocycles. The lowest BCUT2D eigenvalue weighted by Gasteiger charge is -2.31. The molecule has 3 heterocycles. The van der Waals surface area contributed by atoms with Crippen molar-refractivity contribution >= 4 is 11.2 Å². The summed E-state index contributed by atoms with van der Waals surface area (Å²) in [6.07, 6.45) is 9.88. The van der Waals surface area contributed by atoms with Gasteiger partial charge in [0.05, 0.1) is 12.1 Å². The van der Waals surface area contributed by atoms with Crippen molar-refractivity contribution in [2.75, 3.05) is 6.61 Å². The molecule has 2 aliphatic rings. The van der Waals surface area contributed by atoms with Crippen LogP contribution < -0.4 is 4.74 Å². The number of aryl methyl sites for hydroxylation is 4. The van der Waals surface area contributed by atoms with Crippen molar-refractivity contribution in [2.45, 2.75) is 92.4 Å². The summed E-state index contributed by atoms with van der Waals surface area (Å²) in [6, 6.07) is 8.57. The highest BCUT2D eigenvalue weighted by Gasteiger charge is 2.28. The maximum absolute atomic E-state index is 5.84. The van der Waals surface area contributed by atoms with Crippen molar-refractivity contribution in [1.82, 2.24) is 24.9 Å². The van der Waals surface area contributed by atoms with Gasteiger partial charge < -0.3 is 9.72 Å². The van der Waals surface area contributed by atoms with E-state index in [0.29, 0.717) is 11.3 Å². The smallest absolute Gasteiger partial charge is 0.177 e. The van der Waals surface area contributed by atoms with Gasteiger partial charge in [-0.3, -0.25) is 0 Å². The standard InChI is InChI=1S/C20H23N3O.C12H18N2/c1-3-9-24-18-8-7-15(10-13(18)4-2)16-11-17-20(21-12-16)23-19(22-17)14-5-6-14;1-8-10-7-12(3,4)6-5-11(10)14-9(2)13-8/h7-8,10-12,14H,3-6,9H2,1-2H3,(H,21,22,23);5-7H2,1-4H3. The van der Waals surface area contributed by atoms with Gasteiger partial charge in [0.25, 0.3) is 0 Å². The molecule has 6 heteroatoms. The molecule has 0 spiro atoms. The fourth-order valence-electron chi connectivity index (χ4n) is 5.28. The number of hydrogen-bond donors (Lipinski definition) is 1. The normalized spacial score (nSPS) is 16.1. The summed E-state index contributed by atoms with van der Waals surface area (Å²) in [4.78, 5) is 21.6. The molecule has 1 saturated carbocycles. The molecule has 0 amide bonds. The fourth-order valence-corrected chi connectivity index (χ4v) is 5.28. The predicted molar refractivity (Wildman–Crippen MR) is 154 cm³/mol. The summed E-state index contributed by atoms with van der Waals surface area (Å²) in [7, 11) is 0. The maximum atomic E-state index is 5.84. The lowest BCUT2D eigenvalue weighted by Crippen LogP contribution is -2.24. The average molecular weight is 512 g/mol. The Morgan fingerprint density at radius 1 is 1.03 bits per heavy atom. The van der Waals surface area contributed by atoms with E-state index in [2.05, 4.69) is 83.8 Å². The minimum absolute atomic E-state index is 0.427. The highest BCUT2D eigenvalue weighted by molar-refractivity contribution is 5.78. The molecule has 6 nitrogen and oxygen atoms in total. The molecule has 4 aromatic rings. The SMILES string of the molecule is CCCOc1ccc(-c2cnc3nc(C4CC4)[nH]c3c2)cc1CC.Cc1nc(C)c2c(n1)CCC(C)(C)C2. The molecule has 0 bridgehead atoms. The van der Waals surface area contributed by atoms with Gasteiger partial charge in [-0.25, -0.2) is 19.9 Å². The van der Waals surface area contributed by atoms with Crippen LogP contribution in [0.3, 0.4) is 0 Å². The molecule has 0 radical (unpaired) electrons. The van der Waals surface area contributed by atoms with Crippen molar-refractivity contribution in [3.63, 3.8) is 0 Å². The van der Waals surface area contributed by atoms with Gasteiger partial charge in [-0.15, -0.1) is 0 Å². The third kappa shape index (κ3) is 5.90. The number of hydrogen-bond acceptors (Lipinski definition) is 5. The van der Waals surface area contributed by atoms with Crippen molar-refractivity contribution in [3.8, 4) is 16.9 Å². The van der Waals surface area contributed by atoms with Crippen LogP contribution in [0.5, 0.6) is 5.75 Å². The Hall–Kier alpha value is -3.28. The summed E-state index contributed by atoms with van der Waals surface area (Å²) >= 11 is 0. The van der Waals surface area contributed by atoms with Crippen LogP contribution in [-0.2, 0) is 19.3 Å². The van der Waals surface area contributed by atoms with Crippen molar-refractivity contribution in [3.05, 3.63) is 64.6 Å². The Morgan fingerprint density at radius 3 is 2.58 bits per heavy atom. The van der Waals surface area contributed by atoms with E-state index in [1.54, 1.807) is 0 Å². The highest BCUT2D eigenvalue weighted by atomic mass is 16.5. The number of fused-ring (bicyclic) bond motifs is 2. The number of aromatic nitrogens is 5. The van der Waals surface area contributed by atoms with Gasteiger partial charge in [0.2, 0.25) is 0 Å². The predicted octanol–water partition coefficient (Wildman–Crippen LogP) is 7.46. The van der Waals surface area contributed by atoms with E-state index in [1.165, 1.54) is 47.3 Å². The second kappa shape index (κ2) is 10.8. The first kappa shape index (κ1) is 26.3. The van der Waals surface area contributed by atoms with Crippen LogP contribution in [0.1, 0.15) is 93.5 Å². The second-order valence-electron chi connectivity index (χ2n) is 11.6. The monoisotopic (exact) mass is 511 g/mol. The first-order chi connectivity index (χ1) is 18.3. The average Bonchev–Trinajstić information content (AvgIpc) is 3.66. The third-order valence-corrected chi connectivity index (χ3v) is 7.66. The van der Waals surface area contributed by atoms with Crippen molar-refractivity contribution < 1.29 is 4.74 Å². The van der Waals surface area contributed by atoms with Gasteiger partial charge in [-0.1, -0.05) is 33.8 Å². The molecule has 38 heavy (non-hydrogen) atoms. The largest absolute Gasteiger partial charge is 0.493 e. The zero-order chi connectivity index (χ0) is 26.9. The number of ether oxygens (including phenoxy) is 1. The number of benzene rings is 1. The van der Waals surface area contributed by atoms with Crippen LogP contribution in [0.4, 0.5) is 0 Å². The number of nitrogens with zero attached hydrogens (tertiary/aromatic N) is 4. The quantitative estimate of drug-likeness (QED) is 0.291. The number of pyridine rings is 1. The molecule has 6 rings (SSSR count). The van der Waals surface area contributed by atoms with Crippen LogP contribution in [0.2, 0.25) is 0 Å². The second-order valence-corrected chi connectivity index (χ2v) is 11.6. The maximum Gasteiger partial charge on any atom is 0.177 e. The van der Waals surface area contributed by atoms with Crippen LogP contribution in [-0.4, -0.2) is 31.5 Å². The Balaban J connectivity index is 0.000000179. The van der Waals surface area contributed by atoms with Crippen molar-refractivity contribution in [2.24, 2.45) is 5.41 Å². The molecule has 3 aromatic heterocycles. The third-order valence-electron chi connectivity index (χ3n) is 7.66. The molecular weight excluding hydrogens is 470 g/mol. The van der Waals surface area contributed by atoms with E-state index in [9.17, 15) is 0 Å². The summed E-state index contributed by atoms with van der Waals surface area (Å²) in [5.41, 5.74) is 9.66. The molecular formula is C32H41N5O. The topological polar surface area (TPSA) is 76.6 Å². The Kier molecular flexibility index (Phi) is 7.51. The van der Waals surface area contributed by atoms with Crippen molar-refractivity contribution in [1.29, 1.82) is 0 Å². The van der Waals surface area contributed by atoms with Crippen LogP contribution >= 0.6 is 0 Å². The molecule has 1 aromatic carbocycles. The van der Waals surface area contributed by atoms with Crippen LogP contribution in [0.25, 0.3) is 22.3 Å². The van der Waals surface area contributed by atoms with E-state index >= 15 is 0 Å². The highest BCUT2D eigenvalue weighted by Crippen LogP contribution is 2.39. The molecule has 2 aliphatic carbocycles. The molecule has 0 unspecified atom stereocenters. The summed E-state index contributed by atoms with van der Waals surface area (Å²) in [5, 5.41) is 0. The van der Waals surface area contributed by atoms with Crippen LogP contribution in [0, 0.1) is 19.3 Å². The van der Waals surface area contributed by atoms with Gasteiger partial charge in [0.1, 0.15) is 17.4 Å². The van der Waals surface area contributed by atoms with Gasteiger partial charge in [-0.2, -0.15) is 0 Å². The molecule has 1 fully saturated rings. The zero-order valence-corrected chi connectivity index (χ0v) is 23.8. The Bertz CT molecular complexity index is 1430. The van der Waals surface area contributed by atoms with Gasteiger partial charge in [-0.05, 0) is 99.1 Å². The Morgan fingerprint density at radius 2 is 1.84 bits per heavy atom. The van der Waals surface area contributed by atoms with Gasteiger partial charge >= 0.3 is 0 Å². The molecule has 0 saturated heterocycles. The number of rotatable bonds is 6. The summed E-state index contributed by atoms with van der Waals surface area (Å²) in [5.74, 6) is 3.62. The fraction of sp³-hybridized carbons (Fsp3) is 0.500. The zero-order valence-electron chi connectivity index (χ0n) is 23.8. The lowest BCUT2D eigenvalue weighted by atomic mass is 9.75. The molecule has 0 atom stereocenters. The molecule has 200 valence electrons. The minimum Gasteiger partial charge on any atom is -0.493 e. The number of imidazole rings is 1. The minimum atomic E-state index is 0.427. The van der Waals surface area contributed by atoms with Gasteiger partial charge in [0.15, 0.2) is 5.65 Å². The molecule has 1 N–H and O–H groups in total. The van der Waals surface area contributed by atoms with E-state index in [1.807, 2.05) is 13.1 Å². The number of aromatic amines is 1. The summed E-state index contributed by atoms with van der Waals surface area (Å²) in [6.45, 7) is 13.8. The summed E-state index contributed by atoms with van der Waals surface area (Å²) < 4.78 is 5.84. The number of H-pyrrole nitrogens is 1.